The minimum absolute atomic E-state index is 0.447. The molecule has 2 aromatic rings. The smallest absolute Gasteiger partial charge is 0.145 e. The number of aromatic nitrogens is 1. The summed E-state index contributed by atoms with van der Waals surface area (Å²) in [7, 11) is 0. The number of halogens is 1. The summed E-state index contributed by atoms with van der Waals surface area (Å²) in [6, 6.07) is 8.12. The summed E-state index contributed by atoms with van der Waals surface area (Å²) in [5.74, 6) is 0. The molecule has 0 fully saturated rings. The third-order valence-electron chi connectivity index (χ3n) is 2.21. The first-order valence-electron chi connectivity index (χ1n) is 4.63. The van der Waals surface area contributed by atoms with Crippen LogP contribution in [0.15, 0.2) is 24.3 Å². The maximum absolute atomic E-state index is 5.97. The van der Waals surface area contributed by atoms with E-state index < -0.39 is 0 Å². The van der Waals surface area contributed by atoms with E-state index in [-0.39, 0.29) is 0 Å². The summed E-state index contributed by atoms with van der Waals surface area (Å²) in [5, 5.41) is 1.47. The Morgan fingerprint density at radius 2 is 2.13 bits per heavy atom. The van der Waals surface area contributed by atoms with Gasteiger partial charge in [-0.05, 0) is 12.5 Å². The van der Waals surface area contributed by atoms with Crippen LogP contribution in [-0.2, 0) is 6.54 Å². The number of benzene rings is 1. The SMILES string of the molecule is Cc1ccccc1-c1nc(Cl)c(CN)s1. The lowest BCUT2D eigenvalue weighted by atomic mass is 10.1. The van der Waals surface area contributed by atoms with Gasteiger partial charge in [0.1, 0.15) is 10.2 Å². The topological polar surface area (TPSA) is 38.9 Å². The minimum Gasteiger partial charge on any atom is -0.326 e. The molecular formula is C11H11ClN2S. The molecule has 2 rings (SSSR count). The van der Waals surface area contributed by atoms with Gasteiger partial charge < -0.3 is 5.73 Å². The molecule has 4 heteroatoms. The Bertz CT molecular complexity index is 479. The molecule has 2 nitrogen and oxygen atoms in total. The third-order valence-corrected chi connectivity index (χ3v) is 3.75. The molecule has 78 valence electrons. The fraction of sp³-hybridized carbons (Fsp3) is 0.182. The molecule has 0 radical (unpaired) electrons. The van der Waals surface area contributed by atoms with E-state index in [1.807, 2.05) is 18.2 Å². The van der Waals surface area contributed by atoms with Crippen molar-refractivity contribution in [3.05, 3.63) is 39.9 Å². The second kappa shape index (κ2) is 4.31. The highest BCUT2D eigenvalue weighted by atomic mass is 35.5. The molecule has 1 heterocycles. The van der Waals surface area contributed by atoms with E-state index in [2.05, 4.69) is 18.0 Å². The van der Waals surface area contributed by atoms with Crippen molar-refractivity contribution in [2.45, 2.75) is 13.5 Å². The van der Waals surface area contributed by atoms with Crippen LogP contribution in [0.25, 0.3) is 10.6 Å². The normalized spacial score (nSPS) is 10.6. The second-order valence-electron chi connectivity index (χ2n) is 3.25. The van der Waals surface area contributed by atoms with E-state index in [0.717, 1.165) is 15.4 Å². The molecule has 0 spiro atoms. The van der Waals surface area contributed by atoms with Crippen LogP contribution in [0.4, 0.5) is 0 Å². The van der Waals surface area contributed by atoms with E-state index in [4.69, 9.17) is 17.3 Å². The third kappa shape index (κ3) is 2.04. The van der Waals surface area contributed by atoms with Gasteiger partial charge in [0.2, 0.25) is 0 Å². The number of nitrogens with two attached hydrogens (primary N) is 1. The van der Waals surface area contributed by atoms with Gasteiger partial charge in [0, 0.05) is 12.1 Å². The summed E-state index contributed by atoms with van der Waals surface area (Å²) in [5.41, 5.74) is 7.90. The molecule has 2 N–H and O–H groups in total. The molecule has 0 bridgehead atoms. The first-order valence-corrected chi connectivity index (χ1v) is 5.83. The van der Waals surface area contributed by atoms with E-state index in [0.29, 0.717) is 11.7 Å². The van der Waals surface area contributed by atoms with Gasteiger partial charge in [0.25, 0.3) is 0 Å². The number of hydrogen-bond acceptors (Lipinski definition) is 3. The Labute approximate surface area is 97.7 Å². The van der Waals surface area contributed by atoms with Gasteiger partial charge in [-0.15, -0.1) is 11.3 Å². The minimum atomic E-state index is 0.447. The van der Waals surface area contributed by atoms with Crippen LogP contribution in [-0.4, -0.2) is 4.98 Å². The predicted octanol–water partition coefficient (Wildman–Crippen LogP) is 3.23. The summed E-state index contributed by atoms with van der Waals surface area (Å²) >= 11 is 7.53. The van der Waals surface area contributed by atoms with Gasteiger partial charge in [-0.3, -0.25) is 0 Å². The summed E-state index contributed by atoms with van der Waals surface area (Å²) in [6.07, 6.45) is 0. The Balaban J connectivity index is 2.50. The Morgan fingerprint density at radius 3 is 2.73 bits per heavy atom. The van der Waals surface area contributed by atoms with Crippen molar-refractivity contribution in [2.24, 2.45) is 5.73 Å². The Morgan fingerprint density at radius 1 is 1.40 bits per heavy atom. The lowest BCUT2D eigenvalue weighted by molar-refractivity contribution is 1.10. The molecule has 1 aromatic heterocycles. The van der Waals surface area contributed by atoms with Crippen molar-refractivity contribution in [1.82, 2.24) is 4.98 Å². The fourth-order valence-electron chi connectivity index (χ4n) is 1.39. The van der Waals surface area contributed by atoms with Crippen LogP contribution >= 0.6 is 22.9 Å². The van der Waals surface area contributed by atoms with Crippen molar-refractivity contribution in [3.8, 4) is 10.6 Å². The van der Waals surface area contributed by atoms with Crippen LogP contribution in [0.3, 0.4) is 0 Å². The van der Waals surface area contributed by atoms with E-state index in [1.54, 1.807) is 11.3 Å². The average Bonchev–Trinajstić information content (AvgIpc) is 2.60. The van der Waals surface area contributed by atoms with Crippen molar-refractivity contribution < 1.29 is 0 Å². The molecule has 0 atom stereocenters. The van der Waals surface area contributed by atoms with Gasteiger partial charge >= 0.3 is 0 Å². The quantitative estimate of drug-likeness (QED) is 0.873. The number of rotatable bonds is 2. The number of hydrogen-bond donors (Lipinski definition) is 1. The molecule has 0 saturated heterocycles. The van der Waals surface area contributed by atoms with Crippen molar-refractivity contribution >= 4 is 22.9 Å². The largest absolute Gasteiger partial charge is 0.326 e. The summed E-state index contributed by atoms with van der Waals surface area (Å²) in [4.78, 5) is 5.26. The maximum Gasteiger partial charge on any atom is 0.145 e. The Kier molecular flexibility index (Phi) is 3.05. The van der Waals surface area contributed by atoms with Gasteiger partial charge in [-0.1, -0.05) is 35.9 Å². The van der Waals surface area contributed by atoms with Crippen LogP contribution in [0.1, 0.15) is 10.4 Å². The molecule has 0 aliphatic rings. The lowest BCUT2D eigenvalue weighted by Gasteiger charge is -1.99. The second-order valence-corrected chi connectivity index (χ2v) is 4.69. The first-order chi connectivity index (χ1) is 7.22. The van der Waals surface area contributed by atoms with Crippen molar-refractivity contribution in [3.63, 3.8) is 0 Å². The predicted molar refractivity (Wildman–Crippen MR) is 65.2 cm³/mol. The van der Waals surface area contributed by atoms with Crippen LogP contribution < -0.4 is 5.73 Å². The van der Waals surface area contributed by atoms with Gasteiger partial charge in [-0.25, -0.2) is 4.98 Å². The van der Waals surface area contributed by atoms with Gasteiger partial charge in [-0.2, -0.15) is 0 Å². The van der Waals surface area contributed by atoms with Crippen molar-refractivity contribution in [2.75, 3.05) is 0 Å². The molecule has 0 unspecified atom stereocenters. The van der Waals surface area contributed by atoms with Gasteiger partial charge in [0.15, 0.2) is 0 Å². The van der Waals surface area contributed by atoms with E-state index >= 15 is 0 Å². The highest BCUT2D eigenvalue weighted by Crippen LogP contribution is 2.32. The average molecular weight is 239 g/mol. The zero-order valence-corrected chi connectivity index (χ0v) is 9.90. The van der Waals surface area contributed by atoms with Crippen LogP contribution in [0.5, 0.6) is 0 Å². The number of thiazole rings is 1. The molecule has 0 aliphatic carbocycles. The fourth-order valence-corrected chi connectivity index (χ4v) is 2.64. The van der Waals surface area contributed by atoms with E-state index in [9.17, 15) is 0 Å². The van der Waals surface area contributed by atoms with Crippen molar-refractivity contribution in [1.29, 1.82) is 0 Å². The highest BCUT2D eigenvalue weighted by molar-refractivity contribution is 7.15. The van der Waals surface area contributed by atoms with E-state index in [1.165, 1.54) is 5.56 Å². The van der Waals surface area contributed by atoms with Crippen LogP contribution in [0, 0.1) is 6.92 Å². The number of nitrogens with zero attached hydrogens (tertiary/aromatic N) is 1. The molecule has 1 aromatic carbocycles. The Hall–Kier alpha value is -0.900. The van der Waals surface area contributed by atoms with Gasteiger partial charge in [0.05, 0.1) is 4.88 Å². The van der Waals surface area contributed by atoms with Crippen LogP contribution in [0.2, 0.25) is 5.15 Å². The maximum atomic E-state index is 5.97. The first kappa shape index (κ1) is 10.6. The molecule has 0 aliphatic heterocycles. The highest BCUT2D eigenvalue weighted by Gasteiger charge is 2.10. The zero-order chi connectivity index (χ0) is 10.8. The molecular weight excluding hydrogens is 228 g/mol. The standard InChI is InChI=1S/C11H11ClN2S/c1-7-4-2-3-5-8(7)11-14-10(12)9(6-13)15-11/h2-5H,6,13H2,1H3. The molecule has 0 saturated carbocycles. The molecule has 15 heavy (non-hydrogen) atoms. The summed E-state index contributed by atoms with van der Waals surface area (Å²) < 4.78 is 0. The zero-order valence-electron chi connectivity index (χ0n) is 8.33. The number of aryl methyl sites for hydroxylation is 1. The lowest BCUT2D eigenvalue weighted by Crippen LogP contribution is -1.92. The summed E-state index contributed by atoms with van der Waals surface area (Å²) in [6.45, 7) is 2.51. The molecule has 0 amide bonds. The monoisotopic (exact) mass is 238 g/mol.